The molecule has 15 heteroatoms. The summed E-state index contributed by atoms with van der Waals surface area (Å²) in [5, 5.41) is 32.6. The normalized spacial score (nSPS) is 11.1. The maximum absolute atomic E-state index is 12.8. The molecule has 0 heterocycles. The highest BCUT2D eigenvalue weighted by molar-refractivity contribution is 7.89. The number of amides is 2. The number of nitrogens with zero attached hydrogens (tertiary/aromatic N) is 3. The molecular weight excluding hydrogens is 532 g/mol. The molecule has 0 aliphatic heterocycles. The summed E-state index contributed by atoms with van der Waals surface area (Å²) in [5.41, 5.74) is 0.0411. The highest BCUT2D eigenvalue weighted by Crippen LogP contribution is 2.24. The minimum atomic E-state index is -3.87. The quantitative estimate of drug-likeness (QED) is 0.220. The van der Waals surface area contributed by atoms with Crippen LogP contribution in [0.5, 0.6) is 0 Å². The summed E-state index contributed by atoms with van der Waals surface area (Å²) in [6.45, 7) is -0.541. The summed E-state index contributed by atoms with van der Waals surface area (Å²) in [4.78, 5) is 48.2. The lowest BCUT2D eigenvalue weighted by atomic mass is 10.1. The molecule has 204 valence electrons. The van der Waals surface area contributed by atoms with Crippen LogP contribution in [0, 0.1) is 20.2 Å². The SMILES string of the molecule is NS(=O)(=O)c1ccc(CCN(CC(=O)Nc2ccccc2[N+](=O)[O-])CC(=O)Nc2ccccc2[N+](=O)[O-])cc1. The minimum absolute atomic E-state index is 0.0182. The van der Waals surface area contributed by atoms with E-state index in [9.17, 15) is 38.2 Å². The fourth-order valence-electron chi connectivity index (χ4n) is 3.61. The minimum Gasteiger partial charge on any atom is -0.319 e. The van der Waals surface area contributed by atoms with Crippen LogP contribution in [0.1, 0.15) is 5.56 Å². The predicted octanol–water partition coefficient (Wildman–Crippen LogP) is 2.27. The van der Waals surface area contributed by atoms with Crippen LogP contribution in [0.25, 0.3) is 0 Å². The van der Waals surface area contributed by atoms with Crippen LogP contribution in [0.3, 0.4) is 0 Å². The van der Waals surface area contributed by atoms with Crippen molar-refractivity contribution in [2.75, 3.05) is 30.3 Å². The van der Waals surface area contributed by atoms with Crippen LogP contribution >= 0.6 is 0 Å². The van der Waals surface area contributed by atoms with Gasteiger partial charge in [0.1, 0.15) is 11.4 Å². The number of hydrogen-bond acceptors (Lipinski definition) is 9. The maximum atomic E-state index is 12.8. The Balaban J connectivity index is 1.75. The van der Waals surface area contributed by atoms with Gasteiger partial charge in [-0.15, -0.1) is 0 Å². The largest absolute Gasteiger partial charge is 0.319 e. The second-order valence-corrected chi connectivity index (χ2v) is 9.86. The number of rotatable bonds is 12. The first-order valence-electron chi connectivity index (χ1n) is 11.3. The molecule has 0 aromatic heterocycles. The van der Waals surface area contributed by atoms with Crippen molar-refractivity contribution in [3.8, 4) is 0 Å². The Kier molecular flexibility index (Phi) is 9.38. The van der Waals surface area contributed by atoms with Crippen molar-refractivity contribution < 1.29 is 27.9 Å². The van der Waals surface area contributed by atoms with Crippen LogP contribution in [0.2, 0.25) is 0 Å². The molecule has 14 nitrogen and oxygen atoms in total. The lowest BCUT2D eigenvalue weighted by molar-refractivity contribution is -0.384. The van der Waals surface area contributed by atoms with Crippen molar-refractivity contribution >= 4 is 44.6 Å². The van der Waals surface area contributed by atoms with Crippen molar-refractivity contribution in [1.82, 2.24) is 4.90 Å². The van der Waals surface area contributed by atoms with Gasteiger partial charge in [0, 0.05) is 18.7 Å². The topological polar surface area (TPSA) is 208 Å². The van der Waals surface area contributed by atoms with Gasteiger partial charge in [-0.25, -0.2) is 13.6 Å². The molecule has 39 heavy (non-hydrogen) atoms. The Labute approximate surface area is 222 Å². The molecule has 0 fully saturated rings. The molecule has 0 unspecified atom stereocenters. The number of nitrogens with one attached hydrogen (secondary N) is 2. The maximum Gasteiger partial charge on any atom is 0.292 e. The zero-order valence-corrected chi connectivity index (χ0v) is 21.2. The van der Waals surface area contributed by atoms with E-state index in [1.165, 1.54) is 65.6 Å². The molecule has 3 aromatic rings. The molecule has 0 saturated carbocycles. The van der Waals surface area contributed by atoms with Crippen molar-refractivity contribution in [3.05, 3.63) is 98.6 Å². The van der Waals surface area contributed by atoms with E-state index < -0.39 is 31.7 Å². The summed E-state index contributed by atoms with van der Waals surface area (Å²) in [5.74, 6) is -1.26. The molecule has 0 atom stereocenters. The molecule has 4 N–H and O–H groups in total. The molecule has 0 saturated heterocycles. The Morgan fingerprint density at radius 1 is 0.769 bits per heavy atom. The first-order chi connectivity index (χ1) is 18.4. The average molecular weight is 557 g/mol. The van der Waals surface area contributed by atoms with Gasteiger partial charge in [-0.05, 0) is 36.2 Å². The number of para-hydroxylation sites is 4. The lowest BCUT2D eigenvalue weighted by Gasteiger charge is -2.21. The van der Waals surface area contributed by atoms with E-state index in [0.29, 0.717) is 12.0 Å². The number of nitro groups is 2. The molecule has 0 spiro atoms. The van der Waals surface area contributed by atoms with Crippen molar-refractivity contribution in [3.63, 3.8) is 0 Å². The molecular formula is C24H24N6O8S. The number of anilines is 2. The first-order valence-corrected chi connectivity index (χ1v) is 12.9. The van der Waals surface area contributed by atoms with E-state index in [1.54, 1.807) is 12.1 Å². The second kappa shape index (κ2) is 12.7. The third-order valence-electron chi connectivity index (χ3n) is 5.45. The number of sulfonamides is 1. The number of nitro benzene ring substituents is 2. The summed E-state index contributed by atoms with van der Waals surface area (Å²) < 4.78 is 23.0. The molecule has 2 amide bonds. The van der Waals surface area contributed by atoms with Gasteiger partial charge in [0.05, 0.1) is 27.8 Å². The Morgan fingerprint density at radius 2 is 1.21 bits per heavy atom. The van der Waals surface area contributed by atoms with Crippen LogP contribution < -0.4 is 15.8 Å². The Bertz CT molecular complexity index is 1420. The number of hydrogen-bond donors (Lipinski definition) is 3. The molecule has 0 aliphatic carbocycles. The van der Waals surface area contributed by atoms with Crippen LogP contribution in [-0.2, 0) is 26.0 Å². The van der Waals surface area contributed by atoms with Crippen molar-refractivity contribution in [1.29, 1.82) is 0 Å². The van der Waals surface area contributed by atoms with E-state index in [2.05, 4.69) is 10.6 Å². The monoisotopic (exact) mass is 556 g/mol. The fourth-order valence-corrected chi connectivity index (χ4v) is 4.13. The zero-order chi connectivity index (χ0) is 28.6. The number of primary sulfonamides is 1. The number of carbonyl (C=O) groups is 2. The highest BCUT2D eigenvalue weighted by Gasteiger charge is 2.21. The smallest absolute Gasteiger partial charge is 0.292 e. The summed E-state index contributed by atoms with van der Waals surface area (Å²) in [6.07, 6.45) is 0.294. The van der Waals surface area contributed by atoms with E-state index >= 15 is 0 Å². The van der Waals surface area contributed by atoms with Gasteiger partial charge < -0.3 is 10.6 Å². The van der Waals surface area contributed by atoms with Crippen LogP contribution in [-0.4, -0.2) is 54.6 Å². The molecule has 3 aromatic carbocycles. The predicted molar refractivity (Wildman–Crippen MR) is 141 cm³/mol. The third-order valence-corrected chi connectivity index (χ3v) is 6.38. The second-order valence-electron chi connectivity index (χ2n) is 8.29. The number of carbonyl (C=O) groups excluding carboxylic acids is 2. The fraction of sp³-hybridized carbons (Fsp3) is 0.167. The van der Waals surface area contributed by atoms with Crippen LogP contribution in [0.4, 0.5) is 22.7 Å². The van der Waals surface area contributed by atoms with Gasteiger partial charge in [-0.3, -0.25) is 34.7 Å². The highest BCUT2D eigenvalue weighted by atomic mass is 32.2. The summed E-state index contributed by atoms with van der Waals surface area (Å²) >= 11 is 0. The van der Waals surface area contributed by atoms with Gasteiger partial charge >= 0.3 is 0 Å². The average Bonchev–Trinajstić information content (AvgIpc) is 2.87. The van der Waals surface area contributed by atoms with E-state index in [0.717, 1.165) is 0 Å². The van der Waals surface area contributed by atoms with Crippen LogP contribution in [0.15, 0.2) is 77.7 Å². The lowest BCUT2D eigenvalue weighted by Crippen LogP contribution is -2.40. The van der Waals surface area contributed by atoms with Gasteiger partial charge in [-0.2, -0.15) is 0 Å². The van der Waals surface area contributed by atoms with Gasteiger partial charge in [0.2, 0.25) is 21.8 Å². The van der Waals surface area contributed by atoms with E-state index in [4.69, 9.17) is 5.14 Å². The van der Waals surface area contributed by atoms with Crippen molar-refractivity contribution in [2.24, 2.45) is 5.14 Å². The molecule has 0 bridgehead atoms. The Morgan fingerprint density at radius 3 is 1.62 bits per heavy atom. The van der Waals surface area contributed by atoms with E-state index in [1.807, 2.05) is 0 Å². The molecule has 3 rings (SSSR count). The zero-order valence-electron chi connectivity index (χ0n) is 20.3. The number of nitrogens with two attached hydrogens (primary N) is 1. The van der Waals surface area contributed by atoms with Gasteiger partial charge in [-0.1, -0.05) is 36.4 Å². The first kappa shape index (κ1) is 28.8. The molecule has 0 radical (unpaired) electrons. The number of benzene rings is 3. The van der Waals surface area contributed by atoms with Crippen molar-refractivity contribution in [2.45, 2.75) is 11.3 Å². The molecule has 0 aliphatic rings. The Hall–Kier alpha value is -4.73. The third kappa shape index (κ3) is 8.39. The van der Waals surface area contributed by atoms with Gasteiger partial charge in [0.15, 0.2) is 0 Å². The van der Waals surface area contributed by atoms with Gasteiger partial charge in [0.25, 0.3) is 11.4 Å². The summed E-state index contributed by atoms with van der Waals surface area (Å²) in [7, 11) is -3.87. The standard InChI is InChI=1S/C24H24N6O8S/c25-39(37,38)18-11-9-17(10-12-18)13-14-28(15-23(31)26-19-5-1-3-7-21(19)29(33)34)16-24(32)27-20-6-2-4-8-22(20)30(35)36/h1-12H,13-16H2,(H,26,31)(H,27,32)(H2,25,37,38). The van der Waals surface area contributed by atoms with E-state index in [-0.39, 0.29) is 47.3 Å². The summed E-state index contributed by atoms with van der Waals surface area (Å²) in [6, 6.07) is 16.9.